The van der Waals surface area contributed by atoms with E-state index in [9.17, 15) is 0 Å². The third-order valence-corrected chi connectivity index (χ3v) is 3.13. The first-order valence-electron chi connectivity index (χ1n) is 6.22. The molecule has 1 heterocycles. The minimum atomic E-state index is 0.500. The van der Waals surface area contributed by atoms with Crippen LogP contribution in [0.3, 0.4) is 0 Å². The molecular weight excluding hydrogens is 256 g/mol. The summed E-state index contributed by atoms with van der Waals surface area (Å²) in [5, 5.41) is 8.16. The van der Waals surface area contributed by atoms with Gasteiger partial charge in [-0.2, -0.15) is 5.10 Å². The Kier molecular flexibility index (Phi) is 4.02. The van der Waals surface area contributed by atoms with Gasteiger partial charge in [0.15, 0.2) is 17.3 Å². The van der Waals surface area contributed by atoms with Gasteiger partial charge in [-0.05, 0) is 25.5 Å². The normalized spacial score (nSPS) is 10.4. The number of benzene rings is 1. The Morgan fingerprint density at radius 2 is 1.65 bits per heavy atom. The molecule has 2 rings (SSSR count). The quantitative estimate of drug-likeness (QED) is 0.854. The SMILES string of the molecule is COc1cc(N)c(Cc2nnc(C)c(C)n2)cc1OC. The van der Waals surface area contributed by atoms with E-state index in [4.69, 9.17) is 15.2 Å². The van der Waals surface area contributed by atoms with Gasteiger partial charge in [-0.15, -0.1) is 5.10 Å². The molecule has 0 saturated heterocycles. The number of nitrogens with two attached hydrogens (primary N) is 1. The Balaban J connectivity index is 2.35. The number of aromatic nitrogens is 3. The molecule has 106 valence electrons. The van der Waals surface area contributed by atoms with Crippen molar-refractivity contribution >= 4 is 5.69 Å². The Morgan fingerprint density at radius 1 is 1.00 bits per heavy atom. The minimum absolute atomic E-state index is 0.500. The highest BCUT2D eigenvalue weighted by Crippen LogP contribution is 2.32. The summed E-state index contributed by atoms with van der Waals surface area (Å²) in [6.45, 7) is 3.79. The van der Waals surface area contributed by atoms with Crippen molar-refractivity contribution in [2.45, 2.75) is 20.3 Å². The molecule has 0 radical (unpaired) electrons. The van der Waals surface area contributed by atoms with E-state index in [2.05, 4.69) is 15.2 Å². The number of nitrogens with zero attached hydrogens (tertiary/aromatic N) is 3. The molecule has 0 atom stereocenters. The number of ether oxygens (including phenoxy) is 2. The third-order valence-electron chi connectivity index (χ3n) is 3.13. The van der Waals surface area contributed by atoms with Crippen molar-refractivity contribution in [3.8, 4) is 11.5 Å². The Hall–Kier alpha value is -2.37. The first-order valence-corrected chi connectivity index (χ1v) is 6.22. The summed E-state index contributed by atoms with van der Waals surface area (Å²) in [5.41, 5.74) is 9.22. The van der Waals surface area contributed by atoms with Crippen LogP contribution in [0.25, 0.3) is 0 Å². The molecule has 0 amide bonds. The standard InChI is InChI=1S/C14H18N4O2/c1-8-9(2)17-18-14(16-8)6-10-5-12(19-3)13(20-4)7-11(10)15/h5,7H,6,15H2,1-4H3. The highest BCUT2D eigenvalue weighted by atomic mass is 16.5. The van der Waals surface area contributed by atoms with Crippen LogP contribution in [0.2, 0.25) is 0 Å². The minimum Gasteiger partial charge on any atom is -0.493 e. The van der Waals surface area contributed by atoms with Crippen molar-refractivity contribution in [3.63, 3.8) is 0 Å². The van der Waals surface area contributed by atoms with Crippen molar-refractivity contribution in [3.05, 3.63) is 34.9 Å². The van der Waals surface area contributed by atoms with Crippen LogP contribution < -0.4 is 15.2 Å². The summed E-state index contributed by atoms with van der Waals surface area (Å²) < 4.78 is 10.5. The highest BCUT2D eigenvalue weighted by molar-refractivity contribution is 5.58. The zero-order valence-electron chi connectivity index (χ0n) is 12.1. The second-order valence-corrected chi connectivity index (χ2v) is 4.48. The average Bonchev–Trinajstić information content (AvgIpc) is 2.44. The van der Waals surface area contributed by atoms with Gasteiger partial charge >= 0.3 is 0 Å². The van der Waals surface area contributed by atoms with E-state index in [0.29, 0.717) is 29.4 Å². The summed E-state index contributed by atoms with van der Waals surface area (Å²) in [4.78, 5) is 4.41. The van der Waals surface area contributed by atoms with E-state index >= 15 is 0 Å². The van der Waals surface area contributed by atoms with Crippen LogP contribution in [0.5, 0.6) is 11.5 Å². The zero-order valence-corrected chi connectivity index (χ0v) is 12.1. The first-order chi connectivity index (χ1) is 9.55. The molecule has 0 saturated carbocycles. The maximum Gasteiger partial charge on any atom is 0.162 e. The molecule has 1 aromatic heterocycles. The van der Waals surface area contributed by atoms with Crippen LogP contribution in [-0.4, -0.2) is 29.4 Å². The summed E-state index contributed by atoms with van der Waals surface area (Å²) in [6.07, 6.45) is 0.500. The number of hydrogen-bond donors (Lipinski definition) is 1. The number of anilines is 1. The monoisotopic (exact) mass is 274 g/mol. The fourth-order valence-corrected chi connectivity index (χ4v) is 1.84. The van der Waals surface area contributed by atoms with Gasteiger partial charge in [0.05, 0.1) is 25.6 Å². The van der Waals surface area contributed by atoms with Crippen molar-refractivity contribution in [2.75, 3.05) is 20.0 Å². The molecule has 0 spiro atoms. The largest absolute Gasteiger partial charge is 0.493 e. The van der Waals surface area contributed by atoms with Crippen molar-refractivity contribution in [2.24, 2.45) is 0 Å². The van der Waals surface area contributed by atoms with E-state index in [1.807, 2.05) is 19.9 Å². The molecule has 0 aliphatic heterocycles. The lowest BCUT2D eigenvalue weighted by molar-refractivity contribution is 0.355. The predicted octanol–water partition coefficient (Wildman–Crippen LogP) is 1.68. The van der Waals surface area contributed by atoms with E-state index in [-0.39, 0.29) is 0 Å². The molecule has 0 aliphatic carbocycles. The molecule has 2 N–H and O–H groups in total. The predicted molar refractivity (Wildman–Crippen MR) is 76.1 cm³/mol. The second kappa shape index (κ2) is 5.73. The van der Waals surface area contributed by atoms with E-state index in [1.54, 1.807) is 20.3 Å². The van der Waals surface area contributed by atoms with Gasteiger partial charge in [-0.1, -0.05) is 0 Å². The smallest absolute Gasteiger partial charge is 0.162 e. The molecule has 1 aromatic carbocycles. The van der Waals surface area contributed by atoms with Crippen molar-refractivity contribution in [1.29, 1.82) is 0 Å². The topological polar surface area (TPSA) is 83.2 Å². The lowest BCUT2D eigenvalue weighted by Crippen LogP contribution is -2.05. The van der Waals surface area contributed by atoms with Crippen molar-refractivity contribution < 1.29 is 9.47 Å². The molecule has 0 fully saturated rings. The number of aryl methyl sites for hydroxylation is 2. The van der Waals surface area contributed by atoms with Gasteiger partial charge in [0.1, 0.15) is 0 Å². The Bertz CT molecular complexity index is 629. The van der Waals surface area contributed by atoms with Gasteiger partial charge in [0, 0.05) is 18.2 Å². The van der Waals surface area contributed by atoms with Gasteiger partial charge in [-0.25, -0.2) is 4.98 Å². The fraction of sp³-hybridized carbons (Fsp3) is 0.357. The highest BCUT2D eigenvalue weighted by Gasteiger charge is 2.11. The van der Waals surface area contributed by atoms with E-state index in [1.165, 1.54) is 0 Å². The molecule has 0 aliphatic rings. The number of hydrogen-bond acceptors (Lipinski definition) is 6. The van der Waals surface area contributed by atoms with Crippen LogP contribution in [0.15, 0.2) is 12.1 Å². The first kappa shape index (κ1) is 14.0. The molecular formula is C14H18N4O2. The summed E-state index contributed by atoms with van der Waals surface area (Å²) in [7, 11) is 3.17. The summed E-state index contributed by atoms with van der Waals surface area (Å²) in [6, 6.07) is 3.58. The Labute approximate surface area is 118 Å². The lowest BCUT2D eigenvalue weighted by atomic mass is 10.1. The van der Waals surface area contributed by atoms with Crippen LogP contribution in [0, 0.1) is 13.8 Å². The molecule has 2 aromatic rings. The van der Waals surface area contributed by atoms with Gasteiger partial charge in [0.25, 0.3) is 0 Å². The van der Waals surface area contributed by atoms with E-state index < -0.39 is 0 Å². The Morgan fingerprint density at radius 3 is 2.25 bits per heavy atom. The summed E-state index contributed by atoms with van der Waals surface area (Å²) >= 11 is 0. The van der Waals surface area contributed by atoms with E-state index in [0.717, 1.165) is 17.0 Å². The number of nitrogen functional groups attached to an aromatic ring is 1. The fourth-order valence-electron chi connectivity index (χ4n) is 1.84. The third kappa shape index (κ3) is 2.79. The van der Waals surface area contributed by atoms with Gasteiger partial charge < -0.3 is 15.2 Å². The second-order valence-electron chi connectivity index (χ2n) is 4.48. The van der Waals surface area contributed by atoms with Crippen molar-refractivity contribution in [1.82, 2.24) is 15.2 Å². The molecule has 0 bridgehead atoms. The molecule has 0 unspecified atom stereocenters. The van der Waals surface area contributed by atoms with Crippen LogP contribution in [-0.2, 0) is 6.42 Å². The number of rotatable bonds is 4. The molecule has 20 heavy (non-hydrogen) atoms. The van der Waals surface area contributed by atoms with Crippen LogP contribution in [0.4, 0.5) is 5.69 Å². The molecule has 6 nitrogen and oxygen atoms in total. The lowest BCUT2D eigenvalue weighted by Gasteiger charge is -2.12. The van der Waals surface area contributed by atoms with Gasteiger partial charge in [0.2, 0.25) is 0 Å². The van der Waals surface area contributed by atoms with Crippen LogP contribution in [0.1, 0.15) is 22.8 Å². The maximum atomic E-state index is 6.02. The number of methoxy groups -OCH3 is 2. The summed E-state index contributed by atoms with van der Waals surface area (Å²) in [5.74, 6) is 1.87. The van der Waals surface area contributed by atoms with Gasteiger partial charge in [-0.3, -0.25) is 0 Å². The average molecular weight is 274 g/mol. The molecule has 6 heteroatoms. The maximum absolute atomic E-state index is 6.02. The van der Waals surface area contributed by atoms with Crippen LogP contribution >= 0.6 is 0 Å². The zero-order chi connectivity index (χ0) is 14.7.